The smallest absolute Gasteiger partial charge is 0.115 e. The van der Waals surface area contributed by atoms with Gasteiger partial charge in [0.05, 0.1) is 0 Å². The Morgan fingerprint density at radius 1 is 0.885 bits per heavy atom. The molecule has 26 heavy (non-hydrogen) atoms. The monoisotopic (exact) mass is 357 g/mol. The van der Waals surface area contributed by atoms with E-state index in [-0.39, 0.29) is 0 Å². The van der Waals surface area contributed by atoms with Gasteiger partial charge in [-0.1, -0.05) is 70.4 Å². The van der Waals surface area contributed by atoms with E-state index >= 15 is 0 Å². The van der Waals surface area contributed by atoms with Crippen LogP contribution >= 0.6 is 0 Å². The average molecular weight is 358 g/mol. The average Bonchev–Trinajstić information content (AvgIpc) is 2.67. The van der Waals surface area contributed by atoms with Crippen LogP contribution in [0, 0.1) is 6.92 Å². The van der Waals surface area contributed by atoms with Crippen molar-refractivity contribution in [2.45, 2.75) is 59.8 Å². The first kappa shape index (κ1) is 26.2. The van der Waals surface area contributed by atoms with Crippen LogP contribution < -0.4 is 5.73 Å². The van der Waals surface area contributed by atoms with Crippen molar-refractivity contribution >= 4 is 0 Å². The Morgan fingerprint density at radius 3 is 1.88 bits per heavy atom. The van der Waals surface area contributed by atoms with Crippen molar-refractivity contribution in [3.63, 3.8) is 0 Å². The fraction of sp³-hybridized carbons (Fsp3) is 0.417. The summed E-state index contributed by atoms with van der Waals surface area (Å²) in [6.45, 7) is 14.6. The van der Waals surface area contributed by atoms with Gasteiger partial charge in [0.15, 0.2) is 0 Å². The van der Waals surface area contributed by atoms with E-state index in [4.69, 9.17) is 0 Å². The Hall–Kier alpha value is -2.06. The molecular weight excluding hydrogens is 318 g/mol. The van der Waals surface area contributed by atoms with E-state index in [2.05, 4.69) is 64.8 Å². The summed E-state index contributed by atoms with van der Waals surface area (Å²) in [6.07, 6.45) is 6.27. The lowest BCUT2D eigenvalue weighted by molar-refractivity contribution is 0.475. The van der Waals surface area contributed by atoms with E-state index in [0.717, 1.165) is 5.56 Å². The summed E-state index contributed by atoms with van der Waals surface area (Å²) in [6, 6.07) is 14.1. The summed E-state index contributed by atoms with van der Waals surface area (Å²) < 4.78 is 0. The molecule has 2 aromatic rings. The SMILES string of the molecule is C=C.CCC.CCCCCc1ccc(-c2ccc(O)cc2)c(C)c1.CN. The zero-order valence-electron chi connectivity index (χ0n) is 17.5. The molecule has 2 rings (SSSR count). The normalized spacial score (nSPS) is 8.85. The van der Waals surface area contributed by atoms with Crippen LogP contribution in [0.4, 0.5) is 0 Å². The van der Waals surface area contributed by atoms with Crippen LogP contribution in [-0.2, 0) is 6.42 Å². The van der Waals surface area contributed by atoms with Crippen molar-refractivity contribution in [2.24, 2.45) is 5.73 Å². The lowest BCUT2D eigenvalue weighted by Crippen LogP contribution is -1.89. The molecule has 2 heteroatoms. The van der Waals surface area contributed by atoms with Crippen LogP contribution in [0.5, 0.6) is 5.75 Å². The van der Waals surface area contributed by atoms with Gasteiger partial charge in [-0.15, -0.1) is 13.2 Å². The van der Waals surface area contributed by atoms with Crippen molar-refractivity contribution in [1.29, 1.82) is 0 Å². The first-order chi connectivity index (χ1) is 12.6. The topological polar surface area (TPSA) is 46.2 Å². The number of phenolic OH excluding ortho intramolecular Hbond substituents is 1. The zero-order valence-corrected chi connectivity index (χ0v) is 17.5. The lowest BCUT2D eigenvalue weighted by atomic mass is 9.96. The highest BCUT2D eigenvalue weighted by molar-refractivity contribution is 5.68. The summed E-state index contributed by atoms with van der Waals surface area (Å²) in [5.41, 5.74) is 9.64. The summed E-state index contributed by atoms with van der Waals surface area (Å²) in [5.74, 6) is 0.317. The third-order valence-corrected chi connectivity index (χ3v) is 3.54. The number of phenols is 1. The highest BCUT2D eigenvalue weighted by Gasteiger charge is 2.03. The largest absolute Gasteiger partial charge is 0.508 e. The van der Waals surface area contributed by atoms with Crippen molar-refractivity contribution in [2.75, 3.05) is 7.05 Å². The van der Waals surface area contributed by atoms with Gasteiger partial charge in [0.1, 0.15) is 5.75 Å². The van der Waals surface area contributed by atoms with Gasteiger partial charge >= 0.3 is 0 Å². The second-order valence-electron chi connectivity index (χ2n) is 5.86. The fourth-order valence-electron chi connectivity index (χ4n) is 2.43. The third-order valence-electron chi connectivity index (χ3n) is 3.54. The minimum absolute atomic E-state index is 0.317. The number of aryl methyl sites for hydroxylation is 2. The molecule has 2 nitrogen and oxygen atoms in total. The van der Waals surface area contributed by atoms with Gasteiger partial charge in [0, 0.05) is 0 Å². The van der Waals surface area contributed by atoms with Gasteiger partial charge in [-0.25, -0.2) is 0 Å². The van der Waals surface area contributed by atoms with E-state index in [1.807, 2.05) is 12.1 Å². The van der Waals surface area contributed by atoms with E-state index in [9.17, 15) is 5.11 Å². The molecule has 0 aliphatic rings. The Labute approximate surface area is 161 Å². The summed E-state index contributed by atoms with van der Waals surface area (Å²) in [7, 11) is 1.50. The van der Waals surface area contributed by atoms with Gasteiger partial charge in [-0.05, 0) is 61.2 Å². The molecule has 0 heterocycles. The minimum Gasteiger partial charge on any atom is -0.508 e. The van der Waals surface area contributed by atoms with Crippen LogP contribution in [0.1, 0.15) is 57.6 Å². The number of hydrogen-bond acceptors (Lipinski definition) is 2. The standard InChI is InChI=1S/C18H22O.C3H8.C2H4.CH5N/c1-3-4-5-6-15-7-12-18(14(2)13-15)16-8-10-17(19)11-9-16;1-3-2;2*1-2/h7-13,19H,3-6H2,1-2H3;3H2,1-2H3;1-2H2;2H2,1H3. The quantitative estimate of drug-likeness (QED) is 0.452. The Balaban J connectivity index is 0. The van der Waals surface area contributed by atoms with E-state index in [1.165, 1.54) is 55.8 Å². The van der Waals surface area contributed by atoms with Crippen LogP contribution in [0.2, 0.25) is 0 Å². The van der Waals surface area contributed by atoms with Crippen LogP contribution in [0.3, 0.4) is 0 Å². The molecule has 0 radical (unpaired) electrons. The summed E-state index contributed by atoms with van der Waals surface area (Å²) in [5, 5.41) is 9.34. The summed E-state index contributed by atoms with van der Waals surface area (Å²) >= 11 is 0. The highest BCUT2D eigenvalue weighted by Crippen LogP contribution is 2.26. The third kappa shape index (κ3) is 10.7. The Bertz CT molecular complexity index is 561. The number of nitrogens with two attached hydrogens (primary N) is 1. The maximum Gasteiger partial charge on any atom is 0.115 e. The molecule has 0 saturated heterocycles. The van der Waals surface area contributed by atoms with Gasteiger partial charge in [0.25, 0.3) is 0 Å². The molecule has 0 aromatic heterocycles. The van der Waals surface area contributed by atoms with E-state index < -0.39 is 0 Å². The lowest BCUT2D eigenvalue weighted by Gasteiger charge is -2.09. The molecule has 0 bridgehead atoms. The van der Waals surface area contributed by atoms with Crippen molar-refractivity contribution < 1.29 is 5.11 Å². The number of hydrogen-bond donors (Lipinski definition) is 2. The molecule has 0 atom stereocenters. The minimum atomic E-state index is 0.317. The molecular formula is C24H39NO. The first-order valence-corrected chi connectivity index (χ1v) is 9.59. The first-order valence-electron chi connectivity index (χ1n) is 9.59. The Morgan fingerprint density at radius 2 is 1.42 bits per heavy atom. The molecule has 0 saturated carbocycles. The van der Waals surface area contributed by atoms with Crippen LogP contribution in [0.15, 0.2) is 55.6 Å². The maximum absolute atomic E-state index is 9.34. The molecule has 2 aromatic carbocycles. The zero-order chi connectivity index (χ0) is 20.4. The second-order valence-corrected chi connectivity index (χ2v) is 5.86. The number of unbranched alkanes of at least 4 members (excludes halogenated alkanes) is 2. The van der Waals surface area contributed by atoms with E-state index in [1.54, 1.807) is 12.1 Å². The molecule has 0 fully saturated rings. The van der Waals surface area contributed by atoms with Crippen LogP contribution in [-0.4, -0.2) is 12.2 Å². The maximum atomic E-state index is 9.34. The molecule has 0 spiro atoms. The molecule has 0 aliphatic heterocycles. The predicted octanol–water partition coefficient (Wildman–Crippen LogP) is 6.89. The van der Waals surface area contributed by atoms with Gasteiger partial charge in [-0.3, -0.25) is 0 Å². The second kappa shape index (κ2) is 17.8. The molecule has 0 unspecified atom stereocenters. The van der Waals surface area contributed by atoms with Gasteiger partial charge in [0.2, 0.25) is 0 Å². The van der Waals surface area contributed by atoms with Gasteiger partial charge in [-0.2, -0.15) is 0 Å². The van der Waals surface area contributed by atoms with Crippen molar-refractivity contribution in [1.82, 2.24) is 0 Å². The van der Waals surface area contributed by atoms with Crippen LogP contribution in [0.25, 0.3) is 11.1 Å². The van der Waals surface area contributed by atoms with E-state index in [0.29, 0.717) is 5.75 Å². The fourth-order valence-corrected chi connectivity index (χ4v) is 2.43. The Kier molecular flexibility index (Phi) is 17.9. The molecule has 0 aliphatic carbocycles. The predicted molar refractivity (Wildman–Crippen MR) is 119 cm³/mol. The summed E-state index contributed by atoms with van der Waals surface area (Å²) in [4.78, 5) is 0. The number of aromatic hydroxyl groups is 1. The van der Waals surface area contributed by atoms with Crippen molar-refractivity contribution in [3.8, 4) is 16.9 Å². The van der Waals surface area contributed by atoms with Crippen molar-refractivity contribution in [3.05, 3.63) is 66.7 Å². The number of benzene rings is 2. The van der Waals surface area contributed by atoms with Gasteiger partial charge < -0.3 is 10.8 Å². The number of rotatable bonds is 5. The molecule has 0 amide bonds. The highest BCUT2D eigenvalue weighted by atomic mass is 16.3. The molecule has 3 N–H and O–H groups in total. The molecule has 146 valence electrons.